The lowest BCUT2D eigenvalue weighted by molar-refractivity contribution is -0.116. The summed E-state index contributed by atoms with van der Waals surface area (Å²) in [5, 5.41) is 2.64. The lowest BCUT2D eigenvalue weighted by Crippen LogP contribution is -2.38. The smallest absolute Gasteiger partial charge is 0.223 e. The van der Waals surface area contributed by atoms with Gasteiger partial charge in [-0.25, -0.2) is 13.1 Å². The van der Waals surface area contributed by atoms with Crippen LogP contribution in [-0.4, -0.2) is 39.1 Å². The topological polar surface area (TPSA) is 95.6 Å². The van der Waals surface area contributed by atoms with E-state index in [9.17, 15) is 18.0 Å². The highest BCUT2D eigenvalue weighted by Gasteiger charge is 2.13. The average molecular weight is 327 g/mol. The number of anilines is 2. The minimum atomic E-state index is -3.28. The number of hydrogen-bond acceptors (Lipinski definition) is 4. The maximum Gasteiger partial charge on any atom is 0.223 e. The number of hydrogen-bond donors (Lipinski definition) is 2. The second-order valence-corrected chi connectivity index (χ2v) is 6.79. The SMILES string of the molecule is CCS(=O)(=O)NCCN(C(C)=O)c1ccc(NC(C)=O)cc1. The predicted octanol–water partition coefficient (Wildman–Crippen LogP) is 0.937. The van der Waals surface area contributed by atoms with Gasteiger partial charge in [0, 0.05) is 38.3 Å². The Labute approximate surface area is 130 Å². The molecule has 0 fully saturated rings. The minimum Gasteiger partial charge on any atom is -0.326 e. The van der Waals surface area contributed by atoms with E-state index in [1.807, 2.05) is 0 Å². The molecule has 0 saturated heterocycles. The highest BCUT2D eigenvalue weighted by molar-refractivity contribution is 7.89. The van der Waals surface area contributed by atoms with Crippen LogP contribution in [0.2, 0.25) is 0 Å². The molecule has 0 heterocycles. The summed E-state index contributed by atoms with van der Waals surface area (Å²) < 4.78 is 25.2. The Kier molecular flexibility index (Phi) is 6.51. The number of benzene rings is 1. The third-order valence-electron chi connectivity index (χ3n) is 2.92. The van der Waals surface area contributed by atoms with Gasteiger partial charge in [0.25, 0.3) is 0 Å². The third-order valence-corrected chi connectivity index (χ3v) is 4.32. The van der Waals surface area contributed by atoms with Crippen LogP contribution in [0, 0.1) is 0 Å². The van der Waals surface area contributed by atoms with Crippen molar-refractivity contribution in [2.75, 3.05) is 29.1 Å². The van der Waals surface area contributed by atoms with E-state index in [1.54, 1.807) is 31.2 Å². The predicted molar refractivity (Wildman–Crippen MR) is 86.2 cm³/mol. The van der Waals surface area contributed by atoms with Crippen LogP contribution in [0.25, 0.3) is 0 Å². The van der Waals surface area contributed by atoms with Gasteiger partial charge in [0.2, 0.25) is 21.8 Å². The molecule has 1 aromatic rings. The molecule has 1 aromatic carbocycles. The molecule has 0 atom stereocenters. The van der Waals surface area contributed by atoms with Gasteiger partial charge in [-0.2, -0.15) is 0 Å². The van der Waals surface area contributed by atoms with Gasteiger partial charge < -0.3 is 10.2 Å². The summed E-state index contributed by atoms with van der Waals surface area (Å²) in [4.78, 5) is 24.1. The molecule has 7 nitrogen and oxygen atoms in total. The lowest BCUT2D eigenvalue weighted by atomic mass is 10.2. The maximum atomic E-state index is 11.7. The van der Waals surface area contributed by atoms with E-state index in [4.69, 9.17) is 0 Å². The van der Waals surface area contributed by atoms with Crippen molar-refractivity contribution in [3.05, 3.63) is 24.3 Å². The summed E-state index contributed by atoms with van der Waals surface area (Å²) in [6, 6.07) is 6.76. The van der Waals surface area contributed by atoms with E-state index < -0.39 is 10.0 Å². The van der Waals surface area contributed by atoms with Crippen molar-refractivity contribution in [3.63, 3.8) is 0 Å². The lowest BCUT2D eigenvalue weighted by Gasteiger charge is -2.21. The van der Waals surface area contributed by atoms with Crippen molar-refractivity contribution >= 4 is 33.2 Å². The first-order chi connectivity index (χ1) is 10.2. The molecule has 0 aromatic heterocycles. The third kappa shape index (κ3) is 5.82. The first kappa shape index (κ1) is 18.1. The van der Waals surface area contributed by atoms with E-state index in [0.717, 1.165) is 0 Å². The van der Waals surface area contributed by atoms with Crippen LogP contribution in [0.1, 0.15) is 20.8 Å². The quantitative estimate of drug-likeness (QED) is 0.779. The highest BCUT2D eigenvalue weighted by atomic mass is 32.2. The highest BCUT2D eigenvalue weighted by Crippen LogP contribution is 2.18. The molecule has 122 valence electrons. The van der Waals surface area contributed by atoms with Gasteiger partial charge in [-0.3, -0.25) is 9.59 Å². The van der Waals surface area contributed by atoms with E-state index in [-0.39, 0.29) is 30.7 Å². The van der Waals surface area contributed by atoms with Gasteiger partial charge in [0.15, 0.2) is 0 Å². The monoisotopic (exact) mass is 327 g/mol. The summed E-state index contributed by atoms with van der Waals surface area (Å²) >= 11 is 0. The van der Waals surface area contributed by atoms with Crippen LogP contribution >= 0.6 is 0 Å². The molecular formula is C14H21N3O4S. The van der Waals surface area contributed by atoms with Crippen LogP contribution in [-0.2, 0) is 19.6 Å². The number of carbonyl (C=O) groups excluding carboxylic acids is 2. The number of nitrogens with zero attached hydrogens (tertiary/aromatic N) is 1. The number of carbonyl (C=O) groups is 2. The number of sulfonamides is 1. The molecule has 0 unspecified atom stereocenters. The van der Waals surface area contributed by atoms with Gasteiger partial charge in [0.05, 0.1) is 5.75 Å². The van der Waals surface area contributed by atoms with Crippen molar-refractivity contribution in [1.29, 1.82) is 0 Å². The first-order valence-corrected chi connectivity index (χ1v) is 8.53. The fourth-order valence-electron chi connectivity index (χ4n) is 1.81. The van der Waals surface area contributed by atoms with Crippen molar-refractivity contribution in [3.8, 4) is 0 Å². The van der Waals surface area contributed by atoms with E-state index >= 15 is 0 Å². The Hall–Kier alpha value is -1.93. The summed E-state index contributed by atoms with van der Waals surface area (Å²) in [5.74, 6) is -0.369. The molecule has 1 rings (SSSR count). The second kappa shape index (κ2) is 7.90. The normalized spacial score (nSPS) is 11.0. The summed E-state index contributed by atoms with van der Waals surface area (Å²) in [5.41, 5.74) is 1.27. The number of nitrogens with one attached hydrogen (secondary N) is 2. The van der Waals surface area contributed by atoms with Crippen molar-refractivity contribution in [2.45, 2.75) is 20.8 Å². The fraction of sp³-hybridized carbons (Fsp3) is 0.429. The molecule has 0 aliphatic carbocycles. The summed E-state index contributed by atoms with van der Waals surface area (Å²) in [6.45, 7) is 4.74. The van der Waals surface area contributed by atoms with E-state index in [0.29, 0.717) is 11.4 Å². The Morgan fingerprint density at radius 3 is 2.18 bits per heavy atom. The zero-order chi connectivity index (χ0) is 16.8. The van der Waals surface area contributed by atoms with Gasteiger partial charge in [-0.15, -0.1) is 0 Å². The van der Waals surface area contributed by atoms with Crippen LogP contribution in [0.15, 0.2) is 24.3 Å². The van der Waals surface area contributed by atoms with Crippen LogP contribution in [0.4, 0.5) is 11.4 Å². The Balaban J connectivity index is 2.75. The van der Waals surface area contributed by atoms with Crippen LogP contribution in [0.3, 0.4) is 0 Å². The van der Waals surface area contributed by atoms with Gasteiger partial charge in [0.1, 0.15) is 0 Å². The van der Waals surface area contributed by atoms with Crippen molar-refractivity contribution in [1.82, 2.24) is 4.72 Å². The van der Waals surface area contributed by atoms with Gasteiger partial charge >= 0.3 is 0 Å². The van der Waals surface area contributed by atoms with Gasteiger partial charge in [-0.1, -0.05) is 0 Å². The molecule has 0 spiro atoms. The Morgan fingerprint density at radius 2 is 1.73 bits per heavy atom. The molecule has 0 bridgehead atoms. The summed E-state index contributed by atoms with van der Waals surface area (Å²) in [7, 11) is -3.28. The molecular weight excluding hydrogens is 306 g/mol. The second-order valence-electron chi connectivity index (χ2n) is 4.70. The Morgan fingerprint density at radius 1 is 1.14 bits per heavy atom. The molecule has 2 N–H and O–H groups in total. The zero-order valence-electron chi connectivity index (χ0n) is 12.9. The first-order valence-electron chi connectivity index (χ1n) is 6.88. The molecule has 2 amide bonds. The minimum absolute atomic E-state index is 0.00150. The molecule has 0 saturated carbocycles. The van der Waals surface area contributed by atoms with E-state index in [2.05, 4.69) is 10.0 Å². The standard InChI is InChI=1S/C14H21N3O4S/c1-4-22(20,21)15-9-10-17(12(3)19)14-7-5-13(6-8-14)16-11(2)18/h5-8,15H,4,9-10H2,1-3H3,(H,16,18). The molecule has 0 aliphatic heterocycles. The molecule has 8 heteroatoms. The number of amides is 2. The molecule has 0 radical (unpaired) electrons. The van der Waals surface area contributed by atoms with Crippen LogP contribution in [0.5, 0.6) is 0 Å². The Bertz CT molecular complexity index is 626. The van der Waals surface area contributed by atoms with E-state index in [1.165, 1.54) is 18.7 Å². The average Bonchev–Trinajstić information content (AvgIpc) is 2.44. The zero-order valence-corrected chi connectivity index (χ0v) is 13.7. The van der Waals surface area contributed by atoms with Gasteiger partial charge in [-0.05, 0) is 31.2 Å². The van der Waals surface area contributed by atoms with Crippen molar-refractivity contribution < 1.29 is 18.0 Å². The number of rotatable bonds is 7. The summed E-state index contributed by atoms with van der Waals surface area (Å²) in [6.07, 6.45) is 0. The molecule has 0 aliphatic rings. The fourth-order valence-corrected chi connectivity index (χ4v) is 2.42. The largest absolute Gasteiger partial charge is 0.326 e. The van der Waals surface area contributed by atoms with Crippen molar-refractivity contribution in [2.24, 2.45) is 0 Å². The molecule has 22 heavy (non-hydrogen) atoms. The maximum absolute atomic E-state index is 11.7. The van der Waals surface area contributed by atoms with Crippen LogP contribution < -0.4 is 14.9 Å².